The molecule has 6 heteroatoms. The van der Waals surface area contributed by atoms with Crippen LogP contribution in [-0.4, -0.2) is 21.1 Å². The summed E-state index contributed by atoms with van der Waals surface area (Å²) in [5.41, 5.74) is 1.09. The summed E-state index contributed by atoms with van der Waals surface area (Å²) in [5.74, 6) is 0.717. The molecule has 25 heavy (non-hydrogen) atoms. The van der Waals surface area contributed by atoms with Crippen LogP contribution in [-0.2, 0) is 0 Å². The van der Waals surface area contributed by atoms with Gasteiger partial charge in [-0.05, 0) is 24.6 Å². The third-order valence-corrected chi connectivity index (χ3v) is 4.75. The molecular formula is C19H17BrN4O. The molecule has 0 spiro atoms. The number of hydrogen-bond donors (Lipinski definition) is 1. The standard InChI is InChI=1S/C19H17BrN4O/c1-2-3-10-21-17-13-6-4-5-7-14(13)18-22-16-9-8-12(20)11-15(16)19(25)24(18)23-17/h4-9,11H,2-3,10H2,1H3,(H,21,23). The van der Waals surface area contributed by atoms with E-state index in [1.165, 1.54) is 4.52 Å². The van der Waals surface area contributed by atoms with Crippen molar-refractivity contribution >= 4 is 49.1 Å². The molecule has 1 N–H and O–H groups in total. The van der Waals surface area contributed by atoms with E-state index in [1.54, 1.807) is 6.07 Å². The van der Waals surface area contributed by atoms with Crippen molar-refractivity contribution in [2.45, 2.75) is 19.8 Å². The van der Waals surface area contributed by atoms with Crippen molar-refractivity contribution in [3.8, 4) is 0 Å². The van der Waals surface area contributed by atoms with Crippen molar-refractivity contribution in [3.63, 3.8) is 0 Å². The van der Waals surface area contributed by atoms with Gasteiger partial charge in [-0.2, -0.15) is 4.52 Å². The van der Waals surface area contributed by atoms with E-state index in [2.05, 4.69) is 33.3 Å². The van der Waals surface area contributed by atoms with Crippen molar-refractivity contribution in [2.24, 2.45) is 0 Å². The van der Waals surface area contributed by atoms with Gasteiger partial charge in [-0.1, -0.05) is 53.5 Å². The third kappa shape index (κ3) is 2.76. The minimum atomic E-state index is -0.161. The second kappa shape index (κ2) is 6.44. The predicted molar refractivity (Wildman–Crippen MR) is 105 cm³/mol. The lowest BCUT2D eigenvalue weighted by molar-refractivity contribution is 0.820. The fraction of sp³-hybridized carbons (Fsp3) is 0.211. The lowest BCUT2D eigenvalue weighted by Gasteiger charge is -2.12. The number of aromatic nitrogens is 3. The Balaban J connectivity index is 2.07. The predicted octanol–water partition coefficient (Wildman–Crippen LogP) is 4.37. The Labute approximate surface area is 152 Å². The molecule has 0 saturated heterocycles. The molecule has 0 amide bonds. The molecule has 2 aromatic heterocycles. The molecule has 126 valence electrons. The Morgan fingerprint density at radius 1 is 1.12 bits per heavy atom. The van der Waals surface area contributed by atoms with E-state index in [0.29, 0.717) is 16.6 Å². The first kappa shape index (κ1) is 16.0. The zero-order valence-electron chi connectivity index (χ0n) is 13.8. The summed E-state index contributed by atoms with van der Waals surface area (Å²) in [6.45, 7) is 2.96. The summed E-state index contributed by atoms with van der Waals surface area (Å²) < 4.78 is 2.26. The third-order valence-electron chi connectivity index (χ3n) is 4.25. The second-order valence-electron chi connectivity index (χ2n) is 5.99. The lowest BCUT2D eigenvalue weighted by atomic mass is 10.1. The summed E-state index contributed by atoms with van der Waals surface area (Å²) in [4.78, 5) is 17.7. The quantitative estimate of drug-likeness (QED) is 0.316. The highest BCUT2D eigenvalue weighted by molar-refractivity contribution is 9.10. The first-order valence-electron chi connectivity index (χ1n) is 8.34. The van der Waals surface area contributed by atoms with Crippen LogP contribution in [0.15, 0.2) is 51.7 Å². The highest BCUT2D eigenvalue weighted by atomic mass is 79.9. The Morgan fingerprint density at radius 2 is 1.92 bits per heavy atom. The summed E-state index contributed by atoms with van der Waals surface area (Å²) >= 11 is 3.42. The fourth-order valence-electron chi connectivity index (χ4n) is 2.97. The van der Waals surface area contributed by atoms with Crippen LogP contribution in [0.1, 0.15) is 19.8 Å². The van der Waals surface area contributed by atoms with E-state index < -0.39 is 0 Å². The minimum absolute atomic E-state index is 0.161. The van der Waals surface area contributed by atoms with Crippen LogP contribution in [0.5, 0.6) is 0 Å². The summed E-state index contributed by atoms with van der Waals surface area (Å²) in [6, 6.07) is 13.4. The van der Waals surface area contributed by atoms with Crippen molar-refractivity contribution in [1.82, 2.24) is 14.6 Å². The first-order valence-corrected chi connectivity index (χ1v) is 9.13. The molecule has 0 saturated carbocycles. The highest BCUT2D eigenvalue weighted by Gasteiger charge is 2.13. The monoisotopic (exact) mass is 396 g/mol. The average molecular weight is 397 g/mol. The van der Waals surface area contributed by atoms with Crippen molar-refractivity contribution in [2.75, 3.05) is 11.9 Å². The Hall–Kier alpha value is -2.47. The average Bonchev–Trinajstić information content (AvgIpc) is 2.63. The van der Waals surface area contributed by atoms with Gasteiger partial charge in [0.05, 0.1) is 10.9 Å². The highest BCUT2D eigenvalue weighted by Crippen LogP contribution is 2.25. The van der Waals surface area contributed by atoms with Gasteiger partial charge in [0.25, 0.3) is 5.56 Å². The van der Waals surface area contributed by atoms with Crippen LogP contribution in [0.3, 0.4) is 0 Å². The SMILES string of the molecule is CCCCNc1nn2c(=O)c3cc(Br)ccc3nc2c2ccccc12. The summed E-state index contributed by atoms with van der Waals surface area (Å²) in [5, 5.41) is 10.4. The van der Waals surface area contributed by atoms with Gasteiger partial charge in [-0.25, -0.2) is 4.98 Å². The van der Waals surface area contributed by atoms with Crippen LogP contribution in [0.4, 0.5) is 5.82 Å². The molecule has 0 aliphatic rings. The fourth-order valence-corrected chi connectivity index (χ4v) is 3.33. The summed E-state index contributed by atoms with van der Waals surface area (Å²) in [7, 11) is 0. The van der Waals surface area contributed by atoms with Gasteiger partial charge < -0.3 is 5.32 Å². The van der Waals surface area contributed by atoms with Gasteiger partial charge in [0.2, 0.25) is 0 Å². The Bertz CT molecular complexity index is 1150. The zero-order valence-corrected chi connectivity index (χ0v) is 15.4. The Kier molecular flexibility index (Phi) is 4.13. The maximum atomic E-state index is 13.0. The van der Waals surface area contributed by atoms with Gasteiger partial charge in [-0.15, -0.1) is 5.10 Å². The Morgan fingerprint density at radius 3 is 2.72 bits per heavy atom. The number of benzene rings is 2. The van der Waals surface area contributed by atoms with E-state index in [1.807, 2.05) is 36.4 Å². The number of nitrogens with one attached hydrogen (secondary N) is 1. The van der Waals surface area contributed by atoms with E-state index in [0.717, 1.165) is 40.4 Å². The molecule has 0 aliphatic carbocycles. The molecule has 2 heterocycles. The van der Waals surface area contributed by atoms with Crippen LogP contribution >= 0.6 is 15.9 Å². The first-order chi connectivity index (χ1) is 12.2. The number of unbranched alkanes of at least 4 members (excludes halogenated alkanes) is 1. The van der Waals surface area contributed by atoms with E-state index >= 15 is 0 Å². The normalized spacial score (nSPS) is 11.4. The number of fused-ring (bicyclic) bond motifs is 4. The maximum absolute atomic E-state index is 13.0. The van der Waals surface area contributed by atoms with Gasteiger partial charge in [0.15, 0.2) is 11.5 Å². The van der Waals surface area contributed by atoms with Gasteiger partial charge in [-0.3, -0.25) is 4.79 Å². The molecule has 5 nitrogen and oxygen atoms in total. The number of hydrogen-bond acceptors (Lipinski definition) is 4. The largest absolute Gasteiger partial charge is 0.368 e. The number of halogens is 1. The molecular weight excluding hydrogens is 380 g/mol. The lowest BCUT2D eigenvalue weighted by Crippen LogP contribution is -2.20. The molecule has 4 aromatic rings. The molecule has 0 fully saturated rings. The summed E-state index contributed by atoms with van der Waals surface area (Å²) in [6.07, 6.45) is 2.14. The van der Waals surface area contributed by atoms with E-state index in [9.17, 15) is 4.79 Å². The van der Waals surface area contributed by atoms with Gasteiger partial charge >= 0.3 is 0 Å². The maximum Gasteiger partial charge on any atom is 0.282 e. The molecule has 0 radical (unpaired) electrons. The number of anilines is 1. The second-order valence-corrected chi connectivity index (χ2v) is 6.90. The molecule has 2 aromatic carbocycles. The van der Waals surface area contributed by atoms with Crippen LogP contribution in [0.25, 0.3) is 27.3 Å². The van der Waals surface area contributed by atoms with Crippen LogP contribution in [0, 0.1) is 0 Å². The molecule has 0 atom stereocenters. The molecule has 4 rings (SSSR count). The van der Waals surface area contributed by atoms with E-state index in [4.69, 9.17) is 4.98 Å². The molecule has 0 aliphatic heterocycles. The molecule has 0 bridgehead atoms. The number of nitrogens with zero attached hydrogens (tertiary/aromatic N) is 3. The minimum Gasteiger partial charge on any atom is -0.368 e. The number of rotatable bonds is 4. The van der Waals surface area contributed by atoms with Gasteiger partial charge in [0, 0.05) is 21.8 Å². The molecule has 0 unspecified atom stereocenters. The van der Waals surface area contributed by atoms with Crippen molar-refractivity contribution in [1.29, 1.82) is 0 Å². The van der Waals surface area contributed by atoms with Crippen LogP contribution in [0.2, 0.25) is 0 Å². The van der Waals surface area contributed by atoms with Crippen molar-refractivity contribution < 1.29 is 0 Å². The smallest absolute Gasteiger partial charge is 0.282 e. The van der Waals surface area contributed by atoms with E-state index in [-0.39, 0.29) is 5.56 Å². The topological polar surface area (TPSA) is 59.3 Å². The van der Waals surface area contributed by atoms with Gasteiger partial charge in [0.1, 0.15) is 0 Å². The van der Waals surface area contributed by atoms with Crippen molar-refractivity contribution in [3.05, 3.63) is 57.3 Å². The zero-order chi connectivity index (χ0) is 17.4. The van der Waals surface area contributed by atoms with Crippen LogP contribution < -0.4 is 10.9 Å².